The molecule has 0 fully saturated rings. The highest BCUT2D eigenvalue weighted by atomic mass is 16.4. The molecule has 3 rings (SSSR count). The first-order valence-electron chi connectivity index (χ1n) is 7.70. The largest absolute Gasteiger partial charge is 0.502 e. The van der Waals surface area contributed by atoms with Crippen molar-refractivity contribution in [3.8, 4) is 16.9 Å². The second kappa shape index (κ2) is 7.00. The maximum absolute atomic E-state index is 11.6. The van der Waals surface area contributed by atoms with Gasteiger partial charge in [0.25, 0.3) is 5.56 Å². The van der Waals surface area contributed by atoms with E-state index < -0.39 is 23.2 Å². The SMILES string of the molecule is O=C(O)C(Cc1ccc(-c2ccccc2)cc1)c1nc[nH]c(=O)c1O. The topological polar surface area (TPSA) is 103 Å². The molecule has 1 atom stereocenters. The van der Waals surface area contributed by atoms with Crippen LogP contribution in [0.25, 0.3) is 11.1 Å². The Kier molecular flexibility index (Phi) is 4.61. The van der Waals surface area contributed by atoms with Crippen molar-refractivity contribution >= 4 is 5.97 Å². The molecule has 0 radical (unpaired) electrons. The highest BCUT2D eigenvalue weighted by Crippen LogP contribution is 2.26. The first-order chi connectivity index (χ1) is 12.1. The van der Waals surface area contributed by atoms with Crippen molar-refractivity contribution < 1.29 is 15.0 Å². The summed E-state index contributed by atoms with van der Waals surface area (Å²) in [5, 5.41) is 19.3. The fourth-order valence-corrected chi connectivity index (χ4v) is 2.66. The van der Waals surface area contributed by atoms with Gasteiger partial charge in [-0.25, -0.2) is 4.98 Å². The number of aromatic nitrogens is 2. The Morgan fingerprint density at radius 1 is 1.04 bits per heavy atom. The van der Waals surface area contributed by atoms with Crippen LogP contribution in [0, 0.1) is 0 Å². The summed E-state index contributed by atoms with van der Waals surface area (Å²) in [6, 6.07) is 17.3. The highest BCUT2D eigenvalue weighted by molar-refractivity contribution is 5.76. The van der Waals surface area contributed by atoms with Gasteiger partial charge in [0.1, 0.15) is 11.6 Å². The predicted octanol–water partition coefficient (Wildman–Crippen LogP) is 2.55. The van der Waals surface area contributed by atoms with E-state index in [0.29, 0.717) is 0 Å². The van der Waals surface area contributed by atoms with Crippen LogP contribution in [-0.2, 0) is 11.2 Å². The molecule has 1 unspecified atom stereocenters. The third kappa shape index (κ3) is 3.58. The van der Waals surface area contributed by atoms with Crippen molar-refractivity contribution in [1.29, 1.82) is 0 Å². The number of carboxylic acids is 1. The van der Waals surface area contributed by atoms with E-state index in [-0.39, 0.29) is 12.1 Å². The Bertz CT molecular complexity index is 934. The van der Waals surface area contributed by atoms with E-state index in [1.165, 1.54) is 0 Å². The summed E-state index contributed by atoms with van der Waals surface area (Å²) in [7, 11) is 0. The second-order valence-electron chi connectivity index (χ2n) is 5.62. The molecular weight excluding hydrogens is 320 g/mol. The number of nitrogens with one attached hydrogen (secondary N) is 1. The summed E-state index contributed by atoms with van der Waals surface area (Å²) in [5.41, 5.74) is 1.97. The monoisotopic (exact) mass is 336 g/mol. The number of carbonyl (C=O) groups is 1. The van der Waals surface area contributed by atoms with Gasteiger partial charge in [0.15, 0.2) is 0 Å². The molecule has 25 heavy (non-hydrogen) atoms. The van der Waals surface area contributed by atoms with Crippen molar-refractivity contribution in [2.24, 2.45) is 0 Å². The Balaban J connectivity index is 1.87. The molecule has 2 aromatic carbocycles. The van der Waals surface area contributed by atoms with Gasteiger partial charge >= 0.3 is 5.97 Å². The van der Waals surface area contributed by atoms with Gasteiger partial charge < -0.3 is 15.2 Å². The lowest BCUT2D eigenvalue weighted by Gasteiger charge is -2.13. The molecule has 0 saturated heterocycles. The Hall–Kier alpha value is -3.41. The number of aromatic hydroxyl groups is 1. The van der Waals surface area contributed by atoms with Gasteiger partial charge in [-0.3, -0.25) is 9.59 Å². The summed E-state index contributed by atoms with van der Waals surface area (Å²) in [6.07, 6.45) is 1.21. The molecule has 0 spiro atoms. The number of nitrogens with zero attached hydrogens (tertiary/aromatic N) is 1. The fraction of sp³-hybridized carbons (Fsp3) is 0.105. The lowest BCUT2D eigenvalue weighted by molar-refractivity contribution is -0.138. The zero-order valence-corrected chi connectivity index (χ0v) is 13.2. The normalized spacial score (nSPS) is 11.8. The number of hydrogen-bond acceptors (Lipinski definition) is 4. The van der Waals surface area contributed by atoms with Crippen LogP contribution in [0.5, 0.6) is 5.75 Å². The van der Waals surface area contributed by atoms with E-state index in [1.54, 1.807) is 0 Å². The first-order valence-corrected chi connectivity index (χ1v) is 7.70. The van der Waals surface area contributed by atoms with Crippen LogP contribution in [0.2, 0.25) is 0 Å². The number of aliphatic carboxylic acids is 1. The van der Waals surface area contributed by atoms with E-state index in [1.807, 2.05) is 54.6 Å². The molecule has 0 aliphatic carbocycles. The molecule has 3 N–H and O–H groups in total. The highest BCUT2D eigenvalue weighted by Gasteiger charge is 2.26. The van der Waals surface area contributed by atoms with Crippen LogP contribution in [0.1, 0.15) is 17.2 Å². The average molecular weight is 336 g/mol. The van der Waals surface area contributed by atoms with Crippen LogP contribution in [0.3, 0.4) is 0 Å². The van der Waals surface area contributed by atoms with Crippen molar-refractivity contribution in [2.75, 3.05) is 0 Å². The summed E-state index contributed by atoms with van der Waals surface area (Å²) >= 11 is 0. The van der Waals surface area contributed by atoms with Crippen molar-refractivity contribution in [3.05, 3.63) is 82.5 Å². The number of hydrogen-bond donors (Lipinski definition) is 3. The Morgan fingerprint density at radius 2 is 1.68 bits per heavy atom. The zero-order valence-electron chi connectivity index (χ0n) is 13.2. The van der Waals surface area contributed by atoms with Crippen LogP contribution in [0.15, 0.2) is 65.7 Å². The summed E-state index contributed by atoms with van der Waals surface area (Å²) in [5.74, 6) is -2.92. The third-order valence-corrected chi connectivity index (χ3v) is 3.99. The van der Waals surface area contributed by atoms with E-state index in [0.717, 1.165) is 23.0 Å². The van der Waals surface area contributed by atoms with Crippen molar-refractivity contribution in [3.63, 3.8) is 0 Å². The van der Waals surface area contributed by atoms with E-state index in [2.05, 4.69) is 9.97 Å². The summed E-state index contributed by atoms with van der Waals surface area (Å²) in [6.45, 7) is 0. The maximum Gasteiger partial charge on any atom is 0.313 e. The van der Waals surface area contributed by atoms with Crippen molar-refractivity contribution in [1.82, 2.24) is 9.97 Å². The molecule has 0 aliphatic rings. The maximum atomic E-state index is 11.6. The van der Waals surface area contributed by atoms with Crippen LogP contribution >= 0.6 is 0 Å². The Morgan fingerprint density at radius 3 is 2.32 bits per heavy atom. The fourth-order valence-electron chi connectivity index (χ4n) is 2.66. The minimum atomic E-state index is -1.15. The molecule has 3 aromatic rings. The van der Waals surface area contributed by atoms with Crippen LogP contribution in [-0.4, -0.2) is 26.2 Å². The minimum Gasteiger partial charge on any atom is -0.502 e. The van der Waals surface area contributed by atoms with Gasteiger partial charge in [-0.1, -0.05) is 54.6 Å². The predicted molar refractivity (Wildman–Crippen MR) is 92.5 cm³/mol. The molecule has 0 bridgehead atoms. The standard InChI is InChI=1S/C19H16N2O4/c22-17-16(20-11-21-18(17)23)15(19(24)25)10-12-6-8-14(9-7-12)13-4-2-1-3-5-13/h1-9,11,15,22H,10H2,(H,24,25)(H,20,21,23). The molecule has 1 aromatic heterocycles. The smallest absolute Gasteiger partial charge is 0.313 e. The second-order valence-corrected chi connectivity index (χ2v) is 5.62. The molecule has 1 heterocycles. The summed E-state index contributed by atoms with van der Waals surface area (Å²) in [4.78, 5) is 29.1. The quantitative estimate of drug-likeness (QED) is 0.664. The van der Waals surface area contributed by atoms with Gasteiger partial charge in [-0.05, 0) is 23.1 Å². The molecular formula is C19H16N2O4. The molecule has 6 heteroatoms. The van der Waals surface area contributed by atoms with Gasteiger partial charge in [0.05, 0.1) is 6.33 Å². The average Bonchev–Trinajstić information content (AvgIpc) is 2.63. The number of H-pyrrole nitrogens is 1. The molecule has 0 amide bonds. The third-order valence-electron chi connectivity index (χ3n) is 3.99. The van der Waals surface area contributed by atoms with Crippen LogP contribution in [0.4, 0.5) is 0 Å². The molecule has 0 aliphatic heterocycles. The number of benzene rings is 2. The minimum absolute atomic E-state index is 0.119. The van der Waals surface area contributed by atoms with Crippen LogP contribution < -0.4 is 5.56 Å². The van der Waals surface area contributed by atoms with E-state index in [4.69, 9.17) is 0 Å². The lowest BCUT2D eigenvalue weighted by Crippen LogP contribution is -2.19. The van der Waals surface area contributed by atoms with Gasteiger partial charge in [0.2, 0.25) is 5.75 Å². The Labute approximate surface area is 143 Å². The van der Waals surface area contributed by atoms with E-state index >= 15 is 0 Å². The van der Waals surface area contributed by atoms with Gasteiger partial charge in [-0.15, -0.1) is 0 Å². The van der Waals surface area contributed by atoms with Gasteiger partial charge in [-0.2, -0.15) is 0 Å². The zero-order chi connectivity index (χ0) is 17.8. The van der Waals surface area contributed by atoms with Crippen molar-refractivity contribution in [2.45, 2.75) is 12.3 Å². The summed E-state index contributed by atoms with van der Waals surface area (Å²) < 4.78 is 0. The first kappa shape index (κ1) is 16.4. The number of rotatable bonds is 5. The number of aromatic amines is 1. The molecule has 6 nitrogen and oxygen atoms in total. The molecule has 126 valence electrons. The number of carboxylic acid groups (broad SMARTS) is 1. The van der Waals surface area contributed by atoms with Gasteiger partial charge in [0, 0.05) is 0 Å². The lowest BCUT2D eigenvalue weighted by atomic mass is 9.94. The molecule has 0 saturated carbocycles. The van der Waals surface area contributed by atoms with E-state index in [9.17, 15) is 19.8 Å².